The molecule has 0 saturated heterocycles. The molecule has 3 rings (SSSR count). The minimum atomic E-state index is -0.173. The Morgan fingerprint density at radius 2 is 1.56 bits per heavy atom. The number of rotatable bonds is 8. The molecule has 0 heterocycles. The molecular weight excluding hydrogens is 399 g/mol. The van der Waals surface area contributed by atoms with Crippen molar-refractivity contribution in [1.82, 2.24) is 0 Å². The first-order valence-corrected chi connectivity index (χ1v) is 11.5. The fraction of sp³-hybridized carbons (Fsp3) is 0.520. The van der Waals surface area contributed by atoms with E-state index in [2.05, 4.69) is 47.1 Å². The first kappa shape index (κ1) is 20.6. The van der Waals surface area contributed by atoms with E-state index in [4.69, 9.17) is 0 Å². The van der Waals surface area contributed by atoms with Crippen LogP contribution < -0.4 is 0 Å². The Morgan fingerprint density at radius 3 is 2.19 bits per heavy atom. The molecule has 2 aromatic rings. The predicted molar refractivity (Wildman–Crippen MR) is 117 cm³/mol. The van der Waals surface area contributed by atoms with Crippen molar-refractivity contribution in [3.63, 3.8) is 0 Å². The van der Waals surface area contributed by atoms with E-state index in [9.17, 15) is 4.39 Å². The van der Waals surface area contributed by atoms with E-state index < -0.39 is 0 Å². The lowest BCUT2D eigenvalue weighted by atomic mass is 9.78. The van der Waals surface area contributed by atoms with Crippen molar-refractivity contribution in [2.75, 3.05) is 0 Å². The number of halogens is 2. The van der Waals surface area contributed by atoms with Gasteiger partial charge in [-0.05, 0) is 47.9 Å². The third-order valence-corrected chi connectivity index (χ3v) is 6.71. The third kappa shape index (κ3) is 6.17. The van der Waals surface area contributed by atoms with Gasteiger partial charge < -0.3 is 0 Å². The minimum Gasteiger partial charge on any atom is -0.206 e. The summed E-state index contributed by atoms with van der Waals surface area (Å²) >= 11 is 3.32. The average Bonchev–Trinajstić information content (AvgIpc) is 2.68. The summed E-state index contributed by atoms with van der Waals surface area (Å²) in [5.74, 6) is 1.72. The van der Waals surface area contributed by atoms with Gasteiger partial charge in [-0.2, -0.15) is 0 Å². The first-order valence-electron chi connectivity index (χ1n) is 10.7. The Bertz CT molecular complexity index is 699. The lowest BCUT2D eigenvalue weighted by Gasteiger charge is -2.28. The molecule has 0 amide bonds. The van der Waals surface area contributed by atoms with E-state index in [0.717, 1.165) is 28.3 Å². The highest BCUT2D eigenvalue weighted by molar-refractivity contribution is 9.10. The summed E-state index contributed by atoms with van der Waals surface area (Å²) in [5.41, 5.74) is 3.00. The van der Waals surface area contributed by atoms with Gasteiger partial charge in [-0.15, -0.1) is 0 Å². The second kappa shape index (κ2) is 10.4. The van der Waals surface area contributed by atoms with Crippen LogP contribution in [0.4, 0.5) is 4.39 Å². The van der Waals surface area contributed by atoms with Gasteiger partial charge in [0.05, 0.1) is 0 Å². The lowest BCUT2D eigenvalue weighted by Crippen LogP contribution is -2.15. The maximum absolute atomic E-state index is 14.1. The molecule has 0 aliphatic heterocycles. The zero-order valence-electron chi connectivity index (χ0n) is 16.5. The molecule has 2 aromatic carbocycles. The summed E-state index contributed by atoms with van der Waals surface area (Å²) in [6.07, 6.45) is 13.8. The molecule has 0 spiro atoms. The van der Waals surface area contributed by atoms with Crippen molar-refractivity contribution in [3.8, 4) is 11.1 Å². The van der Waals surface area contributed by atoms with E-state index in [-0.39, 0.29) is 5.82 Å². The Morgan fingerprint density at radius 1 is 0.889 bits per heavy atom. The first-order chi connectivity index (χ1) is 13.2. The Kier molecular flexibility index (Phi) is 7.93. The van der Waals surface area contributed by atoms with Crippen molar-refractivity contribution in [2.24, 2.45) is 11.8 Å². The summed E-state index contributed by atoms with van der Waals surface area (Å²) in [6.45, 7) is 2.29. The van der Waals surface area contributed by atoms with Crippen LogP contribution in [0.5, 0.6) is 0 Å². The second-order valence-electron chi connectivity index (χ2n) is 8.24. The molecule has 0 unspecified atom stereocenters. The van der Waals surface area contributed by atoms with Gasteiger partial charge in [0.1, 0.15) is 5.82 Å². The molecule has 0 aromatic heterocycles. The van der Waals surface area contributed by atoms with Crippen LogP contribution in [0.1, 0.15) is 70.3 Å². The summed E-state index contributed by atoms with van der Waals surface area (Å²) in [4.78, 5) is 0. The van der Waals surface area contributed by atoms with Gasteiger partial charge >= 0.3 is 0 Å². The third-order valence-electron chi connectivity index (χ3n) is 6.22. The van der Waals surface area contributed by atoms with Crippen LogP contribution in [0.25, 0.3) is 11.1 Å². The molecular formula is C25H32BrF. The molecule has 1 saturated carbocycles. The number of benzene rings is 2. The maximum atomic E-state index is 14.1. The summed E-state index contributed by atoms with van der Waals surface area (Å²) in [7, 11) is 0. The zero-order chi connectivity index (χ0) is 19.1. The molecule has 0 bridgehead atoms. The smallest absolute Gasteiger partial charge is 0.132 e. The topological polar surface area (TPSA) is 0 Å². The van der Waals surface area contributed by atoms with Crippen molar-refractivity contribution < 1.29 is 4.39 Å². The average molecular weight is 431 g/mol. The molecule has 1 aliphatic rings. The highest BCUT2D eigenvalue weighted by atomic mass is 79.9. The van der Waals surface area contributed by atoms with Gasteiger partial charge in [-0.25, -0.2) is 4.39 Å². The van der Waals surface area contributed by atoms with Crippen molar-refractivity contribution in [2.45, 2.75) is 71.1 Å². The Labute approximate surface area is 172 Å². The highest BCUT2D eigenvalue weighted by Crippen LogP contribution is 2.34. The monoisotopic (exact) mass is 430 g/mol. The fourth-order valence-electron chi connectivity index (χ4n) is 4.44. The molecule has 27 heavy (non-hydrogen) atoms. The molecule has 146 valence electrons. The quantitative estimate of drug-likeness (QED) is 0.367. The van der Waals surface area contributed by atoms with Crippen LogP contribution in [-0.2, 0) is 6.42 Å². The lowest BCUT2D eigenvalue weighted by molar-refractivity contribution is 0.249. The van der Waals surface area contributed by atoms with Crippen molar-refractivity contribution >= 4 is 15.9 Å². The van der Waals surface area contributed by atoms with Gasteiger partial charge in [-0.3, -0.25) is 0 Å². The molecule has 2 heteroatoms. The number of unbranched alkanes of at least 4 members (excludes halogenated alkanes) is 2. The molecule has 1 aliphatic carbocycles. The van der Waals surface area contributed by atoms with Crippen LogP contribution in [0, 0.1) is 17.7 Å². The minimum absolute atomic E-state index is 0.173. The van der Waals surface area contributed by atoms with Crippen LogP contribution in [0.15, 0.2) is 46.9 Å². The number of aryl methyl sites for hydroxylation is 1. The number of hydrogen-bond donors (Lipinski definition) is 0. The normalized spacial score (nSPS) is 20.0. The van der Waals surface area contributed by atoms with Crippen LogP contribution in [0.2, 0.25) is 0 Å². The standard InChI is InChI=1S/C25H32BrF/c1-2-3-4-5-19-6-8-20(9-7-19)10-11-21-12-14-22(15-13-21)24-17-16-23(26)18-25(24)27/h12-20H,2-11H2,1H3. The van der Waals surface area contributed by atoms with Gasteiger partial charge in [0, 0.05) is 10.0 Å². The van der Waals surface area contributed by atoms with Crippen molar-refractivity contribution in [3.05, 3.63) is 58.3 Å². The molecule has 1 fully saturated rings. The van der Waals surface area contributed by atoms with Crippen LogP contribution >= 0.6 is 15.9 Å². The van der Waals surface area contributed by atoms with Gasteiger partial charge in [-0.1, -0.05) is 105 Å². The van der Waals surface area contributed by atoms with Crippen molar-refractivity contribution in [1.29, 1.82) is 0 Å². The predicted octanol–water partition coefficient (Wildman–Crippen LogP) is 8.57. The maximum Gasteiger partial charge on any atom is 0.132 e. The largest absolute Gasteiger partial charge is 0.206 e. The Hall–Kier alpha value is -1.15. The molecule has 0 nitrogen and oxygen atoms in total. The van der Waals surface area contributed by atoms with E-state index in [1.807, 2.05) is 12.1 Å². The summed E-state index contributed by atoms with van der Waals surface area (Å²) < 4.78 is 14.9. The van der Waals surface area contributed by atoms with Gasteiger partial charge in [0.2, 0.25) is 0 Å². The highest BCUT2D eigenvalue weighted by Gasteiger charge is 2.20. The second-order valence-corrected chi connectivity index (χ2v) is 9.16. The van der Waals surface area contributed by atoms with Crippen LogP contribution in [0.3, 0.4) is 0 Å². The Balaban J connectivity index is 1.46. The molecule has 0 radical (unpaired) electrons. The van der Waals surface area contributed by atoms with Gasteiger partial charge in [0.15, 0.2) is 0 Å². The van der Waals surface area contributed by atoms with Crippen LogP contribution in [-0.4, -0.2) is 0 Å². The van der Waals surface area contributed by atoms with E-state index in [0.29, 0.717) is 5.56 Å². The van der Waals surface area contributed by atoms with E-state index in [1.165, 1.54) is 69.4 Å². The molecule has 0 N–H and O–H groups in total. The zero-order valence-corrected chi connectivity index (χ0v) is 18.1. The van der Waals surface area contributed by atoms with E-state index in [1.54, 1.807) is 0 Å². The van der Waals surface area contributed by atoms with E-state index >= 15 is 0 Å². The fourth-order valence-corrected chi connectivity index (χ4v) is 4.77. The number of hydrogen-bond acceptors (Lipinski definition) is 0. The molecule has 0 atom stereocenters. The van der Waals surface area contributed by atoms with Gasteiger partial charge in [0.25, 0.3) is 0 Å². The summed E-state index contributed by atoms with van der Waals surface area (Å²) in [6, 6.07) is 13.7. The SMILES string of the molecule is CCCCCC1CCC(CCc2ccc(-c3ccc(Br)cc3F)cc2)CC1. The summed E-state index contributed by atoms with van der Waals surface area (Å²) in [5, 5.41) is 0.